The van der Waals surface area contributed by atoms with Gasteiger partial charge in [-0.15, -0.1) is 0 Å². The largest absolute Gasteiger partial charge is 0.497 e. The van der Waals surface area contributed by atoms with Crippen molar-refractivity contribution in [3.05, 3.63) is 65.4 Å². The molecule has 0 radical (unpaired) electrons. The zero-order valence-electron chi connectivity index (χ0n) is 13.8. The van der Waals surface area contributed by atoms with E-state index in [4.69, 9.17) is 9.47 Å². The van der Waals surface area contributed by atoms with E-state index in [0.717, 1.165) is 11.3 Å². The molecule has 0 unspecified atom stereocenters. The lowest BCUT2D eigenvalue weighted by Crippen LogP contribution is -2.08. The standard InChI is InChI=1S/C19H18N2O3/c1-21(2)15-9-7-13(8-10-15)11-17-19(22)24-18(20-17)14-5-4-6-16(12-14)23-3/h4-12H,1-3H3/b17-11+. The van der Waals surface area contributed by atoms with E-state index in [9.17, 15) is 4.79 Å². The first kappa shape index (κ1) is 15.8. The van der Waals surface area contributed by atoms with Crippen LogP contribution in [0.15, 0.2) is 59.2 Å². The quantitative estimate of drug-likeness (QED) is 0.641. The number of carbonyl (C=O) groups excluding carboxylic acids is 1. The second-order valence-electron chi connectivity index (χ2n) is 5.55. The Kier molecular flexibility index (Phi) is 4.33. The highest BCUT2D eigenvalue weighted by molar-refractivity contribution is 6.12. The molecule has 2 aromatic rings. The number of benzene rings is 2. The van der Waals surface area contributed by atoms with Crippen LogP contribution in [-0.4, -0.2) is 33.1 Å². The number of rotatable bonds is 4. The number of cyclic esters (lactones) is 1. The lowest BCUT2D eigenvalue weighted by molar-refractivity contribution is -0.129. The molecule has 5 nitrogen and oxygen atoms in total. The first-order valence-corrected chi connectivity index (χ1v) is 7.51. The van der Waals surface area contributed by atoms with E-state index in [0.29, 0.717) is 11.3 Å². The van der Waals surface area contributed by atoms with Crippen molar-refractivity contribution < 1.29 is 14.3 Å². The van der Waals surface area contributed by atoms with Crippen LogP contribution in [0.5, 0.6) is 5.75 Å². The molecule has 122 valence electrons. The number of esters is 1. The molecular weight excluding hydrogens is 304 g/mol. The van der Waals surface area contributed by atoms with Crippen LogP contribution in [0.2, 0.25) is 0 Å². The Hall–Kier alpha value is -3.08. The molecule has 1 aliphatic rings. The molecule has 5 heteroatoms. The maximum atomic E-state index is 12.0. The second-order valence-corrected chi connectivity index (χ2v) is 5.55. The third kappa shape index (κ3) is 3.30. The van der Waals surface area contributed by atoms with Crippen LogP contribution in [0.3, 0.4) is 0 Å². The molecule has 0 saturated heterocycles. The lowest BCUT2D eigenvalue weighted by Gasteiger charge is -2.11. The number of hydrogen-bond acceptors (Lipinski definition) is 5. The Morgan fingerprint density at radius 3 is 2.54 bits per heavy atom. The molecule has 1 aliphatic heterocycles. The van der Waals surface area contributed by atoms with E-state index in [2.05, 4.69) is 4.99 Å². The van der Waals surface area contributed by atoms with Crippen molar-refractivity contribution in [1.82, 2.24) is 0 Å². The van der Waals surface area contributed by atoms with Crippen LogP contribution in [0.1, 0.15) is 11.1 Å². The van der Waals surface area contributed by atoms with Crippen molar-refractivity contribution in [2.75, 3.05) is 26.1 Å². The molecule has 2 aromatic carbocycles. The Labute approximate surface area is 140 Å². The molecule has 0 aliphatic carbocycles. The van der Waals surface area contributed by atoms with Gasteiger partial charge in [0.15, 0.2) is 5.70 Å². The smallest absolute Gasteiger partial charge is 0.363 e. The van der Waals surface area contributed by atoms with E-state index in [-0.39, 0.29) is 11.6 Å². The monoisotopic (exact) mass is 322 g/mol. The number of ether oxygens (including phenoxy) is 2. The fraction of sp³-hybridized carbons (Fsp3) is 0.158. The highest BCUT2D eigenvalue weighted by Crippen LogP contribution is 2.22. The first-order valence-electron chi connectivity index (χ1n) is 7.51. The van der Waals surface area contributed by atoms with E-state index in [1.165, 1.54) is 0 Å². The number of nitrogens with zero attached hydrogens (tertiary/aromatic N) is 2. The summed E-state index contributed by atoms with van der Waals surface area (Å²) in [6.07, 6.45) is 1.72. The van der Waals surface area contributed by atoms with E-state index < -0.39 is 5.97 Å². The van der Waals surface area contributed by atoms with Gasteiger partial charge in [0, 0.05) is 25.3 Å². The first-order chi connectivity index (χ1) is 11.6. The Bertz CT molecular complexity index is 821. The van der Waals surface area contributed by atoms with Crippen molar-refractivity contribution in [1.29, 1.82) is 0 Å². The van der Waals surface area contributed by atoms with Crippen LogP contribution in [0.25, 0.3) is 6.08 Å². The van der Waals surface area contributed by atoms with Gasteiger partial charge in [-0.1, -0.05) is 18.2 Å². The molecule has 0 N–H and O–H groups in total. The lowest BCUT2D eigenvalue weighted by atomic mass is 10.1. The Morgan fingerprint density at radius 2 is 1.88 bits per heavy atom. The average Bonchev–Trinajstić information content (AvgIpc) is 2.96. The molecule has 0 atom stereocenters. The van der Waals surface area contributed by atoms with E-state index in [1.54, 1.807) is 19.3 Å². The molecule has 0 fully saturated rings. The molecule has 24 heavy (non-hydrogen) atoms. The van der Waals surface area contributed by atoms with Crippen LogP contribution < -0.4 is 9.64 Å². The van der Waals surface area contributed by atoms with Crippen molar-refractivity contribution in [3.8, 4) is 5.75 Å². The Morgan fingerprint density at radius 1 is 1.12 bits per heavy atom. The fourth-order valence-electron chi connectivity index (χ4n) is 2.32. The zero-order chi connectivity index (χ0) is 17.1. The van der Waals surface area contributed by atoms with Gasteiger partial charge >= 0.3 is 5.97 Å². The van der Waals surface area contributed by atoms with Crippen LogP contribution in [0, 0.1) is 0 Å². The minimum absolute atomic E-state index is 0.283. The molecule has 0 saturated carbocycles. The predicted octanol–water partition coefficient (Wildman–Crippen LogP) is 3.11. The summed E-state index contributed by atoms with van der Waals surface area (Å²) in [6, 6.07) is 15.1. The minimum atomic E-state index is -0.454. The van der Waals surface area contributed by atoms with Gasteiger partial charge in [-0.25, -0.2) is 9.79 Å². The summed E-state index contributed by atoms with van der Waals surface area (Å²) in [5.74, 6) is 0.516. The van der Waals surface area contributed by atoms with Crippen molar-refractivity contribution in [3.63, 3.8) is 0 Å². The van der Waals surface area contributed by atoms with Gasteiger partial charge in [0.1, 0.15) is 5.75 Å². The third-order valence-electron chi connectivity index (χ3n) is 3.65. The highest BCUT2D eigenvalue weighted by Gasteiger charge is 2.24. The predicted molar refractivity (Wildman–Crippen MR) is 94.4 cm³/mol. The summed E-state index contributed by atoms with van der Waals surface area (Å²) >= 11 is 0. The van der Waals surface area contributed by atoms with Gasteiger partial charge in [-0.2, -0.15) is 0 Å². The average molecular weight is 322 g/mol. The van der Waals surface area contributed by atoms with Crippen LogP contribution in [0.4, 0.5) is 5.69 Å². The molecule has 0 spiro atoms. The van der Waals surface area contributed by atoms with Crippen molar-refractivity contribution >= 4 is 23.6 Å². The maximum absolute atomic E-state index is 12.0. The molecular formula is C19H18N2O3. The zero-order valence-corrected chi connectivity index (χ0v) is 13.8. The van der Waals surface area contributed by atoms with E-state index in [1.807, 2.05) is 61.5 Å². The van der Waals surface area contributed by atoms with Gasteiger partial charge < -0.3 is 14.4 Å². The molecule has 0 aromatic heterocycles. The third-order valence-corrected chi connectivity index (χ3v) is 3.65. The fourth-order valence-corrected chi connectivity index (χ4v) is 2.32. The summed E-state index contributed by atoms with van der Waals surface area (Å²) in [7, 11) is 5.54. The summed E-state index contributed by atoms with van der Waals surface area (Å²) in [4.78, 5) is 18.4. The summed E-state index contributed by atoms with van der Waals surface area (Å²) < 4.78 is 10.5. The number of hydrogen-bond donors (Lipinski definition) is 0. The maximum Gasteiger partial charge on any atom is 0.363 e. The van der Waals surface area contributed by atoms with E-state index >= 15 is 0 Å². The summed E-state index contributed by atoms with van der Waals surface area (Å²) in [5.41, 5.74) is 2.97. The summed E-state index contributed by atoms with van der Waals surface area (Å²) in [6.45, 7) is 0. The van der Waals surface area contributed by atoms with Crippen molar-refractivity contribution in [2.45, 2.75) is 0 Å². The van der Waals surface area contributed by atoms with Crippen LogP contribution >= 0.6 is 0 Å². The number of carbonyl (C=O) groups is 1. The van der Waals surface area contributed by atoms with Gasteiger partial charge in [0.2, 0.25) is 5.90 Å². The minimum Gasteiger partial charge on any atom is -0.497 e. The van der Waals surface area contributed by atoms with Gasteiger partial charge in [0.25, 0.3) is 0 Å². The molecule has 1 heterocycles. The number of methoxy groups -OCH3 is 1. The molecule has 3 rings (SSSR count). The van der Waals surface area contributed by atoms with Gasteiger partial charge in [-0.3, -0.25) is 0 Å². The van der Waals surface area contributed by atoms with Crippen molar-refractivity contribution in [2.24, 2.45) is 4.99 Å². The Balaban J connectivity index is 1.88. The highest BCUT2D eigenvalue weighted by atomic mass is 16.6. The number of aliphatic imine (C=N–C) groups is 1. The SMILES string of the molecule is COc1cccc(C2=N/C(=C/c3ccc(N(C)C)cc3)C(=O)O2)c1. The van der Waals surface area contributed by atoms with Gasteiger partial charge in [-0.05, 0) is 42.0 Å². The van der Waals surface area contributed by atoms with Crippen LogP contribution in [-0.2, 0) is 9.53 Å². The topological polar surface area (TPSA) is 51.1 Å². The summed E-state index contributed by atoms with van der Waals surface area (Å²) in [5, 5.41) is 0. The number of anilines is 1. The molecule has 0 amide bonds. The normalized spacial score (nSPS) is 15.2. The van der Waals surface area contributed by atoms with Gasteiger partial charge in [0.05, 0.1) is 7.11 Å². The molecule has 0 bridgehead atoms. The second kappa shape index (κ2) is 6.58.